The van der Waals surface area contributed by atoms with Gasteiger partial charge in [-0.2, -0.15) is 5.26 Å². The van der Waals surface area contributed by atoms with Gasteiger partial charge in [-0.15, -0.1) is 11.6 Å². The molecule has 0 saturated heterocycles. The average molecular weight is 259 g/mol. The van der Waals surface area contributed by atoms with E-state index in [4.69, 9.17) is 16.9 Å². The summed E-state index contributed by atoms with van der Waals surface area (Å²) in [5, 5.41) is 8.44. The van der Waals surface area contributed by atoms with Crippen molar-refractivity contribution in [2.75, 3.05) is 0 Å². The molecule has 0 heterocycles. The lowest BCUT2D eigenvalue weighted by Gasteiger charge is -2.02. The van der Waals surface area contributed by atoms with Gasteiger partial charge in [0.05, 0.1) is 6.07 Å². The summed E-state index contributed by atoms with van der Waals surface area (Å²) in [5.41, 5.74) is 2.25. The molecule has 0 aliphatic carbocycles. The van der Waals surface area contributed by atoms with Crippen molar-refractivity contribution in [1.29, 1.82) is 5.26 Å². The van der Waals surface area contributed by atoms with Crippen molar-refractivity contribution in [2.24, 2.45) is 0 Å². The number of hydrogen-bond acceptors (Lipinski definition) is 1. The smallest absolute Gasteiger partial charge is 0.0625 e. The quantitative estimate of drug-likeness (QED) is 0.759. The van der Waals surface area contributed by atoms with Gasteiger partial charge in [-0.1, -0.05) is 22.0 Å². The minimum absolute atomic E-state index is 0.513. The van der Waals surface area contributed by atoms with Crippen molar-refractivity contribution in [2.45, 2.75) is 18.7 Å². The van der Waals surface area contributed by atoms with Crippen LogP contribution in [0.5, 0.6) is 0 Å². The van der Waals surface area contributed by atoms with Crippen molar-refractivity contribution in [3.05, 3.63) is 33.8 Å². The third-order valence-electron chi connectivity index (χ3n) is 1.70. The Bertz CT molecular complexity index is 330. The standard InChI is InChI=1S/C10H9BrClN/c11-10-5-8(2-1-3-13)4-9(6-10)7-12/h4-6H,1-2,7H2. The first-order valence-electron chi connectivity index (χ1n) is 3.97. The molecule has 0 fully saturated rings. The molecule has 0 aliphatic rings. The molecule has 1 rings (SSSR count). The third kappa shape index (κ3) is 3.38. The molecule has 0 aromatic heterocycles. The van der Waals surface area contributed by atoms with Crippen molar-refractivity contribution in [3.63, 3.8) is 0 Å². The van der Waals surface area contributed by atoms with Crippen LogP contribution in [-0.2, 0) is 12.3 Å². The van der Waals surface area contributed by atoms with Crippen LogP contribution in [0, 0.1) is 11.3 Å². The summed E-state index contributed by atoms with van der Waals surface area (Å²) in [7, 11) is 0. The second-order valence-electron chi connectivity index (χ2n) is 2.76. The molecule has 0 amide bonds. The molecule has 0 bridgehead atoms. The third-order valence-corrected chi connectivity index (χ3v) is 2.46. The van der Waals surface area contributed by atoms with Crippen LogP contribution in [0.25, 0.3) is 0 Å². The Morgan fingerprint density at radius 3 is 2.62 bits per heavy atom. The molecule has 1 aromatic rings. The van der Waals surface area contributed by atoms with E-state index in [1.54, 1.807) is 0 Å². The molecule has 0 spiro atoms. The number of nitriles is 1. The zero-order valence-electron chi connectivity index (χ0n) is 7.06. The van der Waals surface area contributed by atoms with Gasteiger partial charge in [0.25, 0.3) is 0 Å². The Balaban J connectivity index is 2.83. The fraction of sp³-hybridized carbons (Fsp3) is 0.300. The highest BCUT2D eigenvalue weighted by atomic mass is 79.9. The van der Waals surface area contributed by atoms with E-state index in [0.29, 0.717) is 12.3 Å². The molecule has 68 valence electrons. The van der Waals surface area contributed by atoms with Crippen LogP contribution < -0.4 is 0 Å². The molecular weight excluding hydrogens is 249 g/mol. The number of halogens is 2. The van der Waals surface area contributed by atoms with E-state index < -0.39 is 0 Å². The monoisotopic (exact) mass is 257 g/mol. The molecule has 0 saturated carbocycles. The number of benzene rings is 1. The van der Waals surface area contributed by atoms with Gasteiger partial charge < -0.3 is 0 Å². The Kier molecular flexibility index (Phi) is 4.27. The van der Waals surface area contributed by atoms with Crippen LogP contribution in [0.4, 0.5) is 0 Å². The van der Waals surface area contributed by atoms with Crippen molar-refractivity contribution in [3.8, 4) is 6.07 Å². The number of nitrogens with zero attached hydrogens (tertiary/aromatic N) is 1. The van der Waals surface area contributed by atoms with Gasteiger partial charge in [-0.3, -0.25) is 0 Å². The van der Waals surface area contributed by atoms with E-state index in [1.165, 1.54) is 0 Å². The SMILES string of the molecule is N#CCCc1cc(Br)cc(CCl)c1. The largest absolute Gasteiger partial charge is 0.198 e. The average Bonchev–Trinajstić information content (AvgIpc) is 2.14. The maximum atomic E-state index is 8.44. The number of alkyl halides is 1. The fourth-order valence-electron chi connectivity index (χ4n) is 1.14. The predicted molar refractivity (Wildman–Crippen MR) is 57.6 cm³/mol. The number of aryl methyl sites for hydroxylation is 1. The molecule has 3 heteroatoms. The highest BCUT2D eigenvalue weighted by molar-refractivity contribution is 9.10. The van der Waals surface area contributed by atoms with Crippen LogP contribution in [0.15, 0.2) is 22.7 Å². The highest BCUT2D eigenvalue weighted by Crippen LogP contribution is 2.18. The van der Waals surface area contributed by atoms with Crippen LogP contribution in [0.2, 0.25) is 0 Å². The number of rotatable bonds is 3. The van der Waals surface area contributed by atoms with Gasteiger partial charge in [0.1, 0.15) is 0 Å². The zero-order chi connectivity index (χ0) is 9.68. The Labute approximate surface area is 91.5 Å². The van der Waals surface area contributed by atoms with Gasteiger partial charge in [0.2, 0.25) is 0 Å². The summed E-state index contributed by atoms with van der Waals surface area (Å²) in [6.45, 7) is 0. The minimum Gasteiger partial charge on any atom is -0.198 e. The predicted octanol–water partition coefficient (Wildman–Crippen LogP) is 3.64. The maximum absolute atomic E-state index is 8.44. The lowest BCUT2D eigenvalue weighted by molar-refractivity contribution is 1.01. The van der Waals surface area contributed by atoms with E-state index in [-0.39, 0.29) is 0 Å². The summed E-state index contributed by atoms with van der Waals surface area (Å²) in [6, 6.07) is 8.17. The van der Waals surface area contributed by atoms with Crippen LogP contribution >= 0.6 is 27.5 Å². The van der Waals surface area contributed by atoms with Crippen LogP contribution in [-0.4, -0.2) is 0 Å². The van der Waals surface area contributed by atoms with Crippen molar-refractivity contribution in [1.82, 2.24) is 0 Å². The topological polar surface area (TPSA) is 23.8 Å². The van der Waals surface area contributed by atoms with Crippen LogP contribution in [0.3, 0.4) is 0 Å². The van der Waals surface area contributed by atoms with Crippen molar-refractivity contribution < 1.29 is 0 Å². The molecule has 0 N–H and O–H groups in total. The zero-order valence-corrected chi connectivity index (χ0v) is 9.40. The van der Waals surface area contributed by atoms with Gasteiger partial charge in [0, 0.05) is 16.8 Å². The van der Waals surface area contributed by atoms with Gasteiger partial charge in [0.15, 0.2) is 0 Å². The van der Waals surface area contributed by atoms with E-state index in [1.807, 2.05) is 18.2 Å². The highest BCUT2D eigenvalue weighted by Gasteiger charge is 1.98. The van der Waals surface area contributed by atoms with Crippen molar-refractivity contribution >= 4 is 27.5 Å². The molecule has 0 atom stereocenters. The summed E-state index contributed by atoms with van der Waals surface area (Å²) in [6.07, 6.45) is 1.35. The van der Waals surface area contributed by atoms with Gasteiger partial charge in [-0.25, -0.2) is 0 Å². The molecule has 1 aromatic carbocycles. The second-order valence-corrected chi connectivity index (χ2v) is 3.94. The second kappa shape index (κ2) is 5.26. The van der Waals surface area contributed by atoms with E-state index in [9.17, 15) is 0 Å². The Morgan fingerprint density at radius 2 is 2.00 bits per heavy atom. The molecule has 13 heavy (non-hydrogen) atoms. The lowest BCUT2D eigenvalue weighted by atomic mass is 10.1. The maximum Gasteiger partial charge on any atom is 0.0625 e. The summed E-state index contributed by atoms with van der Waals surface area (Å²) in [4.78, 5) is 0. The first-order chi connectivity index (χ1) is 6.26. The Hall–Kier alpha value is -0.520. The van der Waals surface area contributed by atoms with E-state index >= 15 is 0 Å². The Morgan fingerprint density at radius 1 is 1.31 bits per heavy atom. The minimum atomic E-state index is 0.513. The summed E-state index contributed by atoms with van der Waals surface area (Å²) < 4.78 is 1.03. The summed E-state index contributed by atoms with van der Waals surface area (Å²) in [5.74, 6) is 0.513. The van der Waals surface area contributed by atoms with Gasteiger partial charge >= 0.3 is 0 Å². The first-order valence-corrected chi connectivity index (χ1v) is 5.30. The lowest BCUT2D eigenvalue weighted by Crippen LogP contribution is -1.87. The van der Waals surface area contributed by atoms with E-state index in [2.05, 4.69) is 22.0 Å². The molecular formula is C10H9BrClN. The summed E-state index contributed by atoms with van der Waals surface area (Å²) >= 11 is 9.12. The van der Waals surface area contributed by atoms with Gasteiger partial charge in [-0.05, 0) is 29.7 Å². The normalized spacial score (nSPS) is 9.62. The molecule has 0 aliphatic heterocycles. The van der Waals surface area contributed by atoms with E-state index in [0.717, 1.165) is 22.0 Å². The molecule has 0 unspecified atom stereocenters. The number of hydrogen-bond donors (Lipinski definition) is 0. The van der Waals surface area contributed by atoms with Crippen LogP contribution in [0.1, 0.15) is 17.5 Å². The fourth-order valence-corrected chi connectivity index (χ4v) is 1.88. The molecule has 0 radical (unpaired) electrons. The first kappa shape index (κ1) is 10.6. The molecule has 1 nitrogen and oxygen atoms in total.